The molecule has 2 atom stereocenters. The lowest BCUT2D eigenvalue weighted by Crippen LogP contribution is -2.46. The van der Waals surface area contributed by atoms with Crippen molar-refractivity contribution in [1.82, 2.24) is 10.3 Å². The fourth-order valence-corrected chi connectivity index (χ4v) is 5.15. The normalized spacial score (nSPS) is 25.9. The van der Waals surface area contributed by atoms with E-state index >= 15 is 0 Å². The van der Waals surface area contributed by atoms with Crippen LogP contribution in [0.3, 0.4) is 0 Å². The van der Waals surface area contributed by atoms with Crippen molar-refractivity contribution in [1.29, 1.82) is 0 Å². The van der Waals surface area contributed by atoms with Gasteiger partial charge in [0.15, 0.2) is 21.3 Å². The number of carbonyl (C=O) groups is 2. The molecular formula is C18H21N3O6S. The van der Waals surface area contributed by atoms with Crippen LogP contribution >= 0.6 is 0 Å². The van der Waals surface area contributed by atoms with Gasteiger partial charge >= 0.3 is 0 Å². The molecule has 0 bridgehead atoms. The van der Waals surface area contributed by atoms with Crippen LogP contribution in [0.15, 0.2) is 29.4 Å². The van der Waals surface area contributed by atoms with Gasteiger partial charge in [-0.25, -0.2) is 13.4 Å². The third-order valence-electron chi connectivity index (χ3n) is 4.93. The molecule has 0 unspecified atom stereocenters. The Morgan fingerprint density at radius 1 is 1.25 bits per heavy atom. The lowest BCUT2D eigenvalue weighted by atomic mass is 10.1. The van der Waals surface area contributed by atoms with Gasteiger partial charge in [0, 0.05) is 12.8 Å². The molecule has 9 nitrogen and oxygen atoms in total. The summed E-state index contributed by atoms with van der Waals surface area (Å²) in [6.07, 6.45) is 0.380. The standard InChI is InChI=1S/C18H21N3O6S/c22-17-6-5-14(20-21(17)12-7-8-28(24,25)11-12)18(23)19-9-13-10-26-15-3-1-2-4-16(15)27-13/h1-4,12-13H,5-11H2,(H,19,23)/t12-,13-/m1/s1. The van der Waals surface area contributed by atoms with E-state index in [-0.39, 0.29) is 54.5 Å². The van der Waals surface area contributed by atoms with Gasteiger partial charge in [-0.15, -0.1) is 0 Å². The number of ether oxygens (including phenoxy) is 2. The lowest BCUT2D eigenvalue weighted by Gasteiger charge is -2.28. The van der Waals surface area contributed by atoms with Crippen molar-refractivity contribution < 1.29 is 27.5 Å². The van der Waals surface area contributed by atoms with Crippen molar-refractivity contribution in [3.05, 3.63) is 24.3 Å². The Hall–Kier alpha value is -2.62. The van der Waals surface area contributed by atoms with Crippen LogP contribution in [-0.2, 0) is 19.4 Å². The second-order valence-electron chi connectivity index (χ2n) is 7.05. The fraction of sp³-hybridized carbons (Fsp3) is 0.500. The monoisotopic (exact) mass is 407 g/mol. The number of hydrogen-bond acceptors (Lipinski definition) is 7. The highest BCUT2D eigenvalue weighted by Gasteiger charge is 2.37. The number of fused-ring (bicyclic) bond motifs is 1. The maximum Gasteiger partial charge on any atom is 0.267 e. The summed E-state index contributed by atoms with van der Waals surface area (Å²) in [5.74, 6) is 0.590. The van der Waals surface area contributed by atoms with Crippen LogP contribution in [0.25, 0.3) is 0 Å². The number of sulfone groups is 1. The molecule has 0 aromatic heterocycles. The van der Waals surface area contributed by atoms with Crippen LogP contribution in [-0.4, -0.2) is 67.8 Å². The summed E-state index contributed by atoms with van der Waals surface area (Å²) in [6.45, 7) is 0.548. The number of amides is 2. The molecule has 2 amide bonds. The van der Waals surface area contributed by atoms with Crippen molar-refractivity contribution in [2.45, 2.75) is 31.4 Å². The number of carbonyl (C=O) groups excluding carboxylic acids is 2. The number of nitrogens with one attached hydrogen (secondary N) is 1. The first kappa shape index (κ1) is 18.7. The SMILES string of the molecule is O=C(NC[C@@H]1COc2ccccc2O1)C1=NN([C@@H]2CCS(=O)(=O)C2)C(=O)CC1. The lowest BCUT2D eigenvalue weighted by molar-refractivity contribution is -0.133. The molecule has 3 aliphatic rings. The molecule has 1 fully saturated rings. The molecule has 10 heteroatoms. The van der Waals surface area contributed by atoms with E-state index in [4.69, 9.17) is 9.47 Å². The maximum atomic E-state index is 12.5. The van der Waals surface area contributed by atoms with Crippen molar-refractivity contribution >= 4 is 27.4 Å². The Morgan fingerprint density at radius 2 is 2.04 bits per heavy atom. The number of rotatable bonds is 4. The first-order chi connectivity index (χ1) is 13.4. The zero-order valence-corrected chi connectivity index (χ0v) is 16.0. The molecule has 150 valence electrons. The van der Waals surface area contributed by atoms with E-state index in [0.29, 0.717) is 24.5 Å². The average Bonchev–Trinajstić information content (AvgIpc) is 3.06. The molecule has 28 heavy (non-hydrogen) atoms. The van der Waals surface area contributed by atoms with Gasteiger partial charge in [0.05, 0.1) is 24.1 Å². The number of para-hydroxylation sites is 2. The van der Waals surface area contributed by atoms with Gasteiger partial charge < -0.3 is 14.8 Å². The molecule has 1 aromatic carbocycles. The third kappa shape index (κ3) is 3.96. The molecule has 0 saturated carbocycles. The quantitative estimate of drug-likeness (QED) is 0.758. The molecular weight excluding hydrogens is 386 g/mol. The molecule has 0 aliphatic carbocycles. The van der Waals surface area contributed by atoms with E-state index in [1.807, 2.05) is 18.2 Å². The first-order valence-corrected chi connectivity index (χ1v) is 11.0. The second-order valence-corrected chi connectivity index (χ2v) is 9.28. The van der Waals surface area contributed by atoms with Crippen molar-refractivity contribution in [3.63, 3.8) is 0 Å². The minimum absolute atomic E-state index is 0.0407. The minimum Gasteiger partial charge on any atom is -0.486 e. The summed E-state index contributed by atoms with van der Waals surface area (Å²) in [6, 6.07) is 6.82. The zero-order chi connectivity index (χ0) is 19.7. The maximum absolute atomic E-state index is 12.5. The summed E-state index contributed by atoms with van der Waals surface area (Å²) in [4.78, 5) is 24.6. The molecule has 1 aromatic rings. The molecule has 1 saturated heterocycles. The Kier molecular flexibility index (Phi) is 4.96. The van der Waals surface area contributed by atoms with Crippen LogP contribution < -0.4 is 14.8 Å². The summed E-state index contributed by atoms with van der Waals surface area (Å²) >= 11 is 0. The number of benzene rings is 1. The van der Waals surface area contributed by atoms with E-state index in [1.54, 1.807) is 6.07 Å². The third-order valence-corrected chi connectivity index (χ3v) is 6.68. The van der Waals surface area contributed by atoms with Crippen molar-refractivity contribution in [3.8, 4) is 11.5 Å². The number of nitrogens with zero attached hydrogens (tertiary/aromatic N) is 2. The van der Waals surface area contributed by atoms with Crippen LogP contribution in [0.5, 0.6) is 11.5 Å². The van der Waals surface area contributed by atoms with Gasteiger partial charge in [0.25, 0.3) is 5.91 Å². The largest absolute Gasteiger partial charge is 0.486 e. The van der Waals surface area contributed by atoms with Crippen LogP contribution in [0.4, 0.5) is 0 Å². The van der Waals surface area contributed by atoms with E-state index in [0.717, 1.165) is 0 Å². The highest BCUT2D eigenvalue weighted by Crippen LogP contribution is 2.30. The number of hydrogen-bond donors (Lipinski definition) is 1. The number of hydrazone groups is 1. The fourth-order valence-electron chi connectivity index (χ4n) is 3.46. The average molecular weight is 407 g/mol. The Labute approximate surface area is 162 Å². The highest BCUT2D eigenvalue weighted by atomic mass is 32.2. The second kappa shape index (κ2) is 7.42. The van der Waals surface area contributed by atoms with Gasteiger partial charge in [-0.1, -0.05) is 12.1 Å². The summed E-state index contributed by atoms with van der Waals surface area (Å²) in [7, 11) is -3.15. The van der Waals surface area contributed by atoms with Crippen molar-refractivity contribution in [2.75, 3.05) is 24.7 Å². The van der Waals surface area contributed by atoms with Gasteiger partial charge in [-0.2, -0.15) is 5.10 Å². The van der Waals surface area contributed by atoms with Gasteiger partial charge in [-0.05, 0) is 18.6 Å². The topological polar surface area (TPSA) is 114 Å². The molecule has 4 rings (SSSR count). The van der Waals surface area contributed by atoms with E-state index in [9.17, 15) is 18.0 Å². The van der Waals surface area contributed by atoms with Crippen LogP contribution in [0.1, 0.15) is 19.3 Å². The van der Waals surface area contributed by atoms with E-state index in [1.165, 1.54) is 5.01 Å². The van der Waals surface area contributed by atoms with Crippen LogP contribution in [0.2, 0.25) is 0 Å². The van der Waals surface area contributed by atoms with E-state index in [2.05, 4.69) is 10.4 Å². The molecule has 0 radical (unpaired) electrons. The minimum atomic E-state index is -3.15. The Balaban J connectivity index is 1.37. The van der Waals surface area contributed by atoms with Crippen LogP contribution in [0, 0.1) is 0 Å². The highest BCUT2D eigenvalue weighted by molar-refractivity contribution is 7.91. The predicted octanol–water partition coefficient (Wildman–Crippen LogP) is 0.108. The van der Waals surface area contributed by atoms with Gasteiger partial charge in [0.2, 0.25) is 5.91 Å². The molecule has 1 N–H and O–H groups in total. The van der Waals surface area contributed by atoms with Crippen molar-refractivity contribution in [2.24, 2.45) is 5.10 Å². The predicted molar refractivity (Wildman–Crippen MR) is 99.9 cm³/mol. The molecule has 3 heterocycles. The zero-order valence-electron chi connectivity index (χ0n) is 15.2. The molecule has 0 spiro atoms. The summed E-state index contributed by atoms with van der Waals surface area (Å²) in [5, 5.41) is 8.11. The summed E-state index contributed by atoms with van der Waals surface area (Å²) < 4.78 is 34.8. The Bertz CT molecular complexity index is 929. The first-order valence-electron chi connectivity index (χ1n) is 9.18. The Morgan fingerprint density at radius 3 is 2.79 bits per heavy atom. The van der Waals surface area contributed by atoms with Gasteiger partial charge in [-0.3, -0.25) is 9.59 Å². The smallest absolute Gasteiger partial charge is 0.267 e. The van der Waals surface area contributed by atoms with E-state index < -0.39 is 15.9 Å². The van der Waals surface area contributed by atoms with Gasteiger partial charge in [0.1, 0.15) is 18.4 Å². The molecule has 3 aliphatic heterocycles. The summed E-state index contributed by atoms with van der Waals surface area (Å²) in [5.41, 5.74) is 0.223.